The van der Waals surface area contributed by atoms with Gasteiger partial charge in [0.05, 0.1) is 22.3 Å². The summed E-state index contributed by atoms with van der Waals surface area (Å²) in [4.78, 5) is 20.8. The fourth-order valence-corrected chi connectivity index (χ4v) is 2.69. The van der Waals surface area contributed by atoms with Crippen LogP contribution in [0.5, 0.6) is 0 Å². The van der Waals surface area contributed by atoms with Crippen LogP contribution in [-0.2, 0) is 0 Å². The molecule has 0 aliphatic rings. The summed E-state index contributed by atoms with van der Waals surface area (Å²) in [5.41, 5.74) is 2.17. The average Bonchev–Trinajstić information content (AvgIpc) is 3.05. The van der Waals surface area contributed by atoms with Crippen molar-refractivity contribution in [1.29, 1.82) is 0 Å². The Balaban J connectivity index is 1.91. The zero-order valence-electron chi connectivity index (χ0n) is 11.3. The molecule has 0 saturated heterocycles. The van der Waals surface area contributed by atoms with E-state index in [1.807, 2.05) is 0 Å². The van der Waals surface area contributed by atoms with Crippen molar-refractivity contribution in [2.24, 2.45) is 0 Å². The lowest BCUT2D eigenvalue weighted by Crippen LogP contribution is -1.99. The Morgan fingerprint density at radius 3 is 2.78 bits per heavy atom. The van der Waals surface area contributed by atoms with E-state index in [1.54, 1.807) is 24.3 Å². The molecule has 0 saturated carbocycles. The Bertz CT molecular complexity index is 1100. The second-order valence-electron chi connectivity index (χ2n) is 4.95. The van der Waals surface area contributed by atoms with Crippen LogP contribution in [0.1, 0.15) is 6.55 Å². The summed E-state index contributed by atoms with van der Waals surface area (Å²) in [6.45, 7) is -2.76. The molecule has 3 aromatic heterocycles. The number of imidazole rings is 1. The number of benzene rings is 1. The number of alkyl halides is 2. The van der Waals surface area contributed by atoms with Gasteiger partial charge in [-0.1, -0.05) is 17.7 Å². The summed E-state index contributed by atoms with van der Waals surface area (Å²) in [6.07, 6.45) is 1.08. The van der Waals surface area contributed by atoms with Crippen molar-refractivity contribution in [2.45, 2.75) is 6.55 Å². The fraction of sp³-hybridized carbons (Fsp3) is 0.0714. The first-order chi connectivity index (χ1) is 11.0. The minimum atomic E-state index is -2.76. The molecule has 3 heterocycles. The van der Waals surface area contributed by atoms with E-state index in [0.29, 0.717) is 26.9 Å². The molecule has 1 aromatic carbocycles. The van der Waals surface area contributed by atoms with E-state index in [1.165, 1.54) is 0 Å². The summed E-state index contributed by atoms with van der Waals surface area (Å²) in [7, 11) is 0. The van der Waals surface area contributed by atoms with Crippen molar-refractivity contribution in [3.8, 4) is 11.3 Å². The van der Waals surface area contributed by atoms with Crippen molar-refractivity contribution >= 4 is 33.7 Å². The third-order valence-electron chi connectivity index (χ3n) is 3.46. The van der Waals surface area contributed by atoms with Crippen LogP contribution < -0.4 is 5.69 Å². The molecule has 0 bridgehead atoms. The Hall–Kier alpha value is -2.74. The highest BCUT2D eigenvalue weighted by molar-refractivity contribution is 6.33. The fourth-order valence-electron chi connectivity index (χ4n) is 2.44. The Morgan fingerprint density at radius 2 is 2.04 bits per heavy atom. The number of hydrogen-bond donors (Lipinski definition) is 2. The first kappa shape index (κ1) is 13.9. The maximum absolute atomic E-state index is 12.7. The highest BCUT2D eigenvalue weighted by Gasteiger charge is 2.15. The molecule has 0 radical (unpaired) electrons. The van der Waals surface area contributed by atoms with Crippen LogP contribution in [0, 0.1) is 0 Å². The number of aromatic nitrogens is 5. The van der Waals surface area contributed by atoms with Crippen LogP contribution in [0.4, 0.5) is 8.78 Å². The quantitative estimate of drug-likeness (QED) is 0.590. The smallest absolute Gasteiger partial charge is 0.304 e. The Morgan fingerprint density at radius 1 is 1.22 bits per heavy atom. The summed E-state index contributed by atoms with van der Waals surface area (Å²) in [5.74, 6) is 0. The number of nitrogens with one attached hydrogen (secondary N) is 2. The zero-order valence-corrected chi connectivity index (χ0v) is 12.1. The van der Waals surface area contributed by atoms with Crippen molar-refractivity contribution < 1.29 is 8.78 Å². The third-order valence-corrected chi connectivity index (χ3v) is 3.73. The van der Waals surface area contributed by atoms with Crippen molar-refractivity contribution in [3.63, 3.8) is 0 Å². The zero-order chi connectivity index (χ0) is 16.1. The maximum atomic E-state index is 12.7. The SMILES string of the molecule is O=c1[nH]c2cc3cc(-c4nn(C(F)F)cc4Cl)ccc3nc2[nH]1. The molecule has 116 valence electrons. The molecule has 0 amide bonds. The average molecular weight is 336 g/mol. The normalized spacial score (nSPS) is 11.8. The predicted octanol–water partition coefficient (Wildman–Crippen LogP) is 3.32. The number of rotatable bonds is 2. The van der Waals surface area contributed by atoms with E-state index in [4.69, 9.17) is 11.6 Å². The highest BCUT2D eigenvalue weighted by atomic mass is 35.5. The number of nitrogens with zero attached hydrogens (tertiary/aromatic N) is 3. The first-order valence-electron chi connectivity index (χ1n) is 6.57. The van der Waals surface area contributed by atoms with E-state index < -0.39 is 6.55 Å². The lowest BCUT2D eigenvalue weighted by atomic mass is 10.1. The second-order valence-corrected chi connectivity index (χ2v) is 5.36. The predicted molar refractivity (Wildman–Crippen MR) is 81.7 cm³/mol. The minimum absolute atomic E-state index is 0.133. The van der Waals surface area contributed by atoms with Gasteiger partial charge in [0.25, 0.3) is 0 Å². The lowest BCUT2D eigenvalue weighted by Gasteiger charge is -2.02. The monoisotopic (exact) mass is 335 g/mol. The van der Waals surface area contributed by atoms with Crippen LogP contribution >= 0.6 is 11.6 Å². The molecule has 6 nitrogen and oxygen atoms in total. The van der Waals surface area contributed by atoms with Gasteiger partial charge in [-0.2, -0.15) is 13.9 Å². The topological polar surface area (TPSA) is 79.4 Å². The van der Waals surface area contributed by atoms with Gasteiger partial charge in [0.1, 0.15) is 5.69 Å². The van der Waals surface area contributed by atoms with E-state index in [9.17, 15) is 13.6 Å². The number of halogens is 3. The molecular weight excluding hydrogens is 328 g/mol. The van der Waals surface area contributed by atoms with Crippen molar-refractivity contribution in [3.05, 3.63) is 46.0 Å². The van der Waals surface area contributed by atoms with Crippen LogP contribution in [0.2, 0.25) is 5.02 Å². The number of hydrogen-bond acceptors (Lipinski definition) is 3. The summed E-state index contributed by atoms with van der Waals surface area (Å²) < 4.78 is 25.9. The molecule has 0 aliphatic carbocycles. The van der Waals surface area contributed by atoms with E-state index in [2.05, 4.69) is 20.1 Å². The molecule has 0 aliphatic heterocycles. The highest BCUT2D eigenvalue weighted by Crippen LogP contribution is 2.30. The number of aromatic amines is 2. The van der Waals surface area contributed by atoms with Crippen molar-refractivity contribution in [1.82, 2.24) is 24.7 Å². The minimum Gasteiger partial charge on any atom is -0.304 e. The molecule has 4 aromatic rings. The molecule has 0 fully saturated rings. The van der Waals surface area contributed by atoms with E-state index >= 15 is 0 Å². The molecular formula is C14H8ClF2N5O. The van der Waals surface area contributed by atoms with Gasteiger partial charge >= 0.3 is 12.2 Å². The molecule has 4 rings (SSSR count). The maximum Gasteiger partial charge on any atom is 0.333 e. The third kappa shape index (κ3) is 2.27. The van der Waals surface area contributed by atoms with E-state index in [-0.39, 0.29) is 16.4 Å². The number of pyridine rings is 1. The first-order valence-corrected chi connectivity index (χ1v) is 6.95. The molecule has 23 heavy (non-hydrogen) atoms. The number of H-pyrrole nitrogens is 2. The Labute approximate surface area is 131 Å². The summed E-state index contributed by atoms with van der Waals surface area (Å²) >= 11 is 5.99. The molecule has 9 heteroatoms. The molecule has 0 spiro atoms. The Kier molecular flexibility index (Phi) is 2.95. The van der Waals surface area contributed by atoms with Gasteiger partial charge in [0, 0.05) is 10.9 Å². The van der Waals surface area contributed by atoms with Crippen LogP contribution in [0.25, 0.3) is 33.3 Å². The van der Waals surface area contributed by atoms with Crippen LogP contribution in [-0.4, -0.2) is 24.7 Å². The lowest BCUT2D eigenvalue weighted by molar-refractivity contribution is 0.0568. The molecule has 0 unspecified atom stereocenters. The standard InChI is InChI=1S/C14H8ClF2N5O/c15-8-5-22(13(16)17)21-11(8)6-1-2-9-7(3-6)4-10-12(18-9)20-14(23)19-10/h1-5,13H,(H2,18,19,20,23). The van der Waals surface area contributed by atoms with Gasteiger partial charge in [0.2, 0.25) is 0 Å². The largest absolute Gasteiger partial charge is 0.333 e. The second kappa shape index (κ2) is 4.88. The molecule has 0 atom stereocenters. The van der Waals surface area contributed by atoms with Crippen LogP contribution in [0.15, 0.2) is 35.3 Å². The van der Waals surface area contributed by atoms with Gasteiger partial charge in [-0.25, -0.2) is 14.5 Å². The van der Waals surface area contributed by atoms with Gasteiger partial charge in [0.15, 0.2) is 5.65 Å². The van der Waals surface area contributed by atoms with Crippen molar-refractivity contribution in [2.75, 3.05) is 0 Å². The van der Waals surface area contributed by atoms with Gasteiger partial charge in [-0.3, -0.25) is 4.98 Å². The molecule has 2 N–H and O–H groups in total. The van der Waals surface area contributed by atoms with Gasteiger partial charge < -0.3 is 4.98 Å². The summed E-state index contributed by atoms with van der Waals surface area (Å²) in [5, 5.41) is 4.67. The number of fused-ring (bicyclic) bond motifs is 2. The van der Waals surface area contributed by atoms with E-state index in [0.717, 1.165) is 11.6 Å². The van der Waals surface area contributed by atoms with Gasteiger partial charge in [-0.05, 0) is 18.2 Å². The van der Waals surface area contributed by atoms with Crippen LogP contribution in [0.3, 0.4) is 0 Å². The van der Waals surface area contributed by atoms with Gasteiger partial charge in [-0.15, -0.1) is 0 Å². The summed E-state index contributed by atoms with van der Waals surface area (Å²) in [6, 6.07) is 6.89.